The van der Waals surface area contributed by atoms with E-state index in [-0.39, 0.29) is 5.91 Å². The quantitative estimate of drug-likeness (QED) is 0.124. The maximum Gasteiger partial charge on any atom is 0.251 e. The summed E-state index contributed by atoms with van der Waals surface area (Å²) in [5.41, 5.74) is 3.13. The third-order valence-electron chi connectivity index (χ3n) is 6.18. The van der Waals surface area contributed by atoms with Gasteiger partial charge >= 0.3 is 0 Å². The first-order valence-electron chi connectivity index (χ1n) is 14.3. The summed E-state index contributed by atoms with van der Waals surface area (Å²) in [4.78, 5) is 25.6. The van der Waals surface area contributed by atoms with Gasteiger partial charge < -0.3 is 30.7 Å². The number of ether oxygens (including phenoxy) is 2. The molecule has 4 aromatic rings. The van der Waals surface area contributed by atoms with Crippen molar-refractivity contribution in [3.05, 3.63) is 108 Å². The number of nitrogens with zero attached hydrogens (tertiary/aromatic N) is 3. The second kappa shape index (κ2) is 18.0. The van der Waals surface area contributed by atoms with Crippen LogP contribution in [0.4, 0.5) is 17.8 Å². The van der Waals surface area contributed by atoms with Crippen LogP contribution in [0, 0.1) is 0 Å². The predicted octanol–water partition coefficient (Wildman–Crippen LogP) is 4.06. The van der Waals surface area contributed by atoms with Crippen LogP contribution < -0.4 is 21.3 Å². The first-order valence-corrected chi connectivity index (χ1v) is 14.3. The van der Waals surface area contributed by atoms with Crippen molar-refractivity contribution in [2.24, 2.45) is 0 Å². The molecule has 0 atom stereocenters. The van der Waals surface area contributed by atoms with Gasteiger partial charge in [0.05, 0.1) is 26.4 Å². The Morgan fingerprint density at radius 2 is 0.952 bits per heavy atom. The fraction of sp³-hybridized carbons (Fsp3) is 0.312. The van der Waals surface area contributed by atoms with Crippen LogP contribution in [0.1, 0.15) is 21.5 Å². The second-order valence-corrected chi connectivity index (χ2v) is 9.40. The molecule has 1 aromatic heterocycles. The summed E-state index contributed by atoms with van der Waals surface area (Å²) < 4.78 is 11.2. The Hall–Kier alpha value is -4.54. The summed E-state index contributed by atoms with van der Waals surface area (Å²) >= 11 is 0. The topological polar surface area (TPSA) is 122 Å². The minimum atomic E-state index is -0.107. The van der Waals surface area contributed by atoms with Crippen molar-refractivity contribution >= 4 is 23.8 Å². The summed E-state index contributed by atoms with van der Waals surface area (Å²) in [6, 6.07) is 29.7. The SMILES string of the molecule is O=C(NCCOCCOCCNc1nc(NCCc2ccccc2)nc(NCCc2ccccc2)n1)c1ccccc1. The number of carbonyl (C=O) groups excluding carboxylic acids is 1. The zero-order valence-electron chi connectivity index (χ0n) is 23.8. The van der Waals surface area contributed by atoms with Gasteiger partial charge in [0.1, 0.15) is 0 Å². The number of anilines is 3. The molecule has 0 fully saturated rings. The normalized spacial score (nSPS) is 10.7. The van der Waals surface area contributed by atoms with Gasteiger partial charge in [0.2, 0.25) is 17.8 Å². The molecule has 0 aliphatic rings. The highest BCUT2D eigenvalue weighted by molar-refractivity contribution is 5.94. The summed E-state index contributed by atoms with van der Waals surface area (Å²) in [6.07, 6.45) is 1.72. The molecule has 10 heteroatoms. The minimum Gasteiger partial charge on any atom is -0.377 e. The van der Waals surface area contributed by atoms with Crippen molar-refractivity contribution < 1.29 is 14.3 Å². The van der Waals surface area contributed by atoms with E-state index in [1.807, 2.05) is 54.6 Å². The van der Waals surface area contributed by atoms with E-state index in [0.717, 1.165) is 12.8 Å². The molecule has 0 aliphatic carbocycles. The van der Waals surface area contributed by atoms with Gasteiger partial charge in [0.25, 0.3) is 5.91 Å². The van der Waals surface area contributed by atoms with Crippen LogP contribution in [0.3, 0.4) is 0 Å². The fourth-order valence-electron chi connectivity index (χ4n) is 4.03. The Morgan fingerprint density at radius 1 is 0.524 bits per heavy atom. The lowest BCUT2D eigenvalue weighted by Crippen LogP contribution is -2.27. The van der Waals surface area contributed by atoms with Gasteiger partial charge in [-0.1, -0.05) is 78.9 Å². The molecule has 0 aliphatic heterocycles. The predicted molar refractivity (Wildman–Crippen MR) is 166 cm³/mol. The van der Waals surface area contributed by atoms with Crippen LogP contribution in [-0.2, 0) is 22.3 Å². The molecule has 0 unspecified atom stereocenters. The highest BCUT2D eigenvalue weighted by Gasteiger charge is 2.07. The van der Waals surface area contributed by atoms with Crippen molar-refractivity contribution in [1.82, 2.24) is 20.3 Å². The monoisotopic (exact) mass is 569 g/mol. The molecule has 0 saturated heterocycles. The summed E-state index contributed by atoms with van der Waals surface area (Å²) in [5, 5.41) is 12.7. The van der Waals surface area contributed by atoms with Gasteiger partial charge in [0, 0.05) is 31.7 Å². The van der Waals surface area contributed by atoms with Gasteiger partial charge in [-0.05, 0) is 36.1 Å². The van der Waals surface area contributed by atoms with E-state index in [1.165, 1.54) is 11.1 Å². The van der Waals surface area contributed by atoms with Crippen molar-refractivity contribution in [3.8, 4) is 0 Å². The Morgan fingerprint density at radius 3 is 1.45 bits per heavy atom. The second-order valence-electron chi connectivity index (χ2n) is 9.40. The van der Waals surface area contributed by atoms with Crippen LogP contribution in [0.25, 0.3) is 0 Å². The number of aromatic nitrogens is 3. The lowest BCUT2D eigenvalue weighted by molar-refractivity contribution is 0.0519. The number of hydrogen-bond donors (Lipinski definition) is 4. The van der Waals surface area contributed by atoms with E-state index in [1.54, 1.807) is 12.1 Å². The van der Waals surface area contributed by atoms with E-state index in [2.05, 4.69) is 60.5 Å². The molecule has 0 saturated carbocycles. The van der Waals surface area contributed by atoms with Crippen molar-refractivity contribution in [3.63, 3.8) is 0 Å². The highest BCUT2D eigenvalue weighted by Crippen LogP contribution is 2.10. The average Bonchev–Trinajstić information content (AvgIpc) is 3.03. The van der Waals surface area contributed by atoms with Crippen LogP contribution >= 0.6 is 0 Å². The third kappa shape index (κ3) is 11.5. The maximum atomic E-state index is 12.0. The third-order valence-corrected chi connectivity index (χ3v) is 6.18. The minimum absolute atomic E-state index is 0.107. The number of carbonyl (C=O) groups is 1. The molecule has 4 rings (SSSR count). The molecule has 1 heterocycles. The molecule has 42 heavy (non-hydrogen) atoms. The van der Waals surface area contributed by atoms with Gasteiger partial charge in [-0.25, -0.2) is 0 Å². The Kier molecular flexibility index (Phi) is 13.0. The van der Waals surface area contributed by atoms with Crippen LogP contribution in [0.5, 0.6) is 0 Å². The average molecular weight is 570 g/mol. The molecule has 10 nitrogen and oxygen atoms in total. The Labute approximate surface area is 247 Å². The number of hydrogen-bond acceptors (Lipinski definition) is 9. The summed E-state index contributed by atoms with van der Waals surface area (Å²) in [6.45, 7) is 4.16. The van der Waals surface area contributed by atoms with Crippen LogP contribution in [0.2, 0.25) is 0 Å². The standard InChI is InChI=1S/C32H39N7O3/c40-29(28-14-8-3-9-15-28)33-20-22-41-24-25-42-23-21-36-32-38-30(34-18-16-26-10-4-1-5-11-26)37-31(39-32)35-19-17-27-12-6-2-7-13-27/h1-15H,16-25H2,(H,33,40)(H3,34,35,36,37,38,39). The lowest BCUT2D eigenvalue weighted by Gasteiger charge is -2.12. The first-order chi connectivity index (χ1) is 20.8. The molecule has 0 bridgehead atoms. The largest absolute Gasteiger partial charge is 0.377 e. The van der Waals surface area contributed by atoms with E-state index >= 15 is 0 Å². The summed E-state index contributed by atoms with van der Waals surface area (Å²) in [7, 11) is 0. The van der Waals surface area contributed by atoms with E-state index in [0.29, 0.717) is 76.0 Å². The van der Waals surface area contributed by atoms with Gasteiger partial charge in [-0.2, -0.15) is 15.0 Å². The summed E-state index contributed by atoms with van der Waals surface area (Å²) in [5.74, 6) is 1.39. The van der Waals surface area contributed by atoms with E-state index < -0.39 is 0 Å². The lowest BCUT2D eigenvalue weighted by atomic mass is 10.1. The van der Waals surface area contributed by atoms with Gasteiger partial charge in [0.15, 0.2) is 0 Å². The Bertz CT molecular complexity index is 1250. The molecule has 0 radical (unpaired) electrons. The van der Waals surface area contributed by atoms with E-state index in [9.17, 15) is 4.79 Å². The van der Waals surface area contributed by atoms with Crippen molar-refractivity contribution in [2.75, 3.05) is 68.6 Å². The van der Waals surface area contributed by atoms with Gasteiger partial charge in [-0.15, -0.1) is 0 Å². The molecule has 4 N–H and O–H groups in total. The molecular formula is C32H39N7O3. The maximum absolute atomic E-state index is 12.0. The highest BCUT2D eigenvalue weighted by atomic mass is 16.5. The number of rotatable bonds is 19. The van der Waals surface area contributed by atoms with Crippen molar-refractivity contribution in [1.29, 1.82) is 0 Å². The Balaban J connectivity index is 1.15. The number of amides is 1. The molecule has 220 valence electrons. The van der Waals surface area contributed by atoms with E-state index in [4.69, 9.17) is 9.47 Å². The zero-order valence-corrected chi connectivity index (χ0v) is 23.8. The van der Waals surface area contributed by atoms with Crippen LogP contribution in [0.15, 0.2) is 91.0 Å². The number of benzene rings is 3. The fourth-order valence-corrected chi connectivity index (χ4v) is 4.03. The van der Waals surface area contributed by atoms with Gasteiger partial charge in [-0.3, -0.25) is 4.79 Å². The molecule has 1 amide bonds. The van der Waals surface area contributed by atoms with Crippen LogP contribution in [-0.4, -0.2) is 73.5 Å². The number of nitrogens with one attached hydrogen (secondary N) is 4. The molecule has 0 spiro atoms. The molecular weight excluding hydrogens is 530 g/mol. The molecule has 3 aromatic carbocycles. The zero-order chi connectivity index (χ0) is 29.1. The smallest absolute Gasteiger partial charge is 0.251 e. The first kappa shape index (κ1) is 30.4. The van der Waals surface area contributed by atoms with Crippen molar-refractivity contribution in [2.45, 2.75) is 12.8 Å².